The van der Waals surface area contributed by atoms with Crippen LogP contribution in [-0.4, -0.2) is 28.8 Å². The number of nitrogens with one attached hydrogen (secondary N) is 2. The number of rotatable bonds is 6. The first-order chi connectivity index (χ1) is 12.9. The number of primary amides is 1. The Morgan fingerprint density at radius 2 is 1.93 bits per heavy atom. The molecule has 138 valence electrons. The summed E-state index contributed by atoms with van der Waals surface area (Å²) in [6, 6.07) is 12.9. The van der Waals surface area contributed by atoms with Gasteiger partial charge in [-0.2, -0.15) is 0 Å². The molecule has 0 aliphatic heterocycles. The van der Waals surface area contributed by atoms with Crippen LogP contribution in [0.2, 0.25) is 0 Å². The van der Waals surface area contributed by atoms with Crippen LogP contribution in [-0.2, 0) is 16.0 Å². The van der Waals surface area contributed by atoms with E-state index in [0.717, 1.165) is 16.5 Å². The number of nitrogens with two attached hydrogens (primary N) is 1. The molecule has 1 atom stereocenters. The van der Waals surface area contributed by atoms with Gasteiger partial charge in [-0.25, -0.2) is 0 Å². The van der Waals surface area contributed by atoms with E-state index in [-0.39, 0.29) is 17.7 Å². The maximum absolute atomic E-state index is 12.5. The predicted molar refractivity (Wildman–Crippen MR) is 100 cm³/mol. The number of H-pyrrole nitrogens is 1. The SMILES string of the molecule is CC(=O)Oc1cccc(C(=O)N[C@H](Cc2c[nH]c3ccccc23)C(N)=O)c1. The standard InChI is InChI=1S/C20H19N3O4/c1-12(24)27-15-6-4-5-13(9-15)20(26)23-18(19(21)25)10-14-11-22-17-8-3-2-7-16(14)17/h2-9,11,18,22H,10H2,1H3,(H2,21,25)(H,23,26)/t18-/m1/s1. The number of carbonyl (C=O) groups is 3. The van der Waals surface area contributed by atoms with E-state index in [1.165, 1.54) is 13.0 Å². The van der Waals surface area contributed by atoms with Crippen LogP contribution in [0.4, 0.5) is 0 Å². The minimum Gasteiger partial charge on any atom is -0.427 e. The topological polar surface area (TPSA) is 114 Å². The lowest BCUT2D eigenvalue weighted by atomic mass is 10.0. The molecular formula is C20H19N3O4. The van der Waals surface area contributed by atoms with E-state index in [2.05, 4.69) is 10.3 Å². The van der Waals surface area contributed by atoms with Crippen molar-refractivity contribution in [3.8, 4) is 5.75 Å². The van der Waals surface area contributed by atoms with Crippen molar-refractivity contribution in [3.05, 3.63) is 65.9 Å². The molecular weight excluding hydrogens is 346 g/mol. The number of carbonyl (C=O) groups excluding carboxylic acids is 3. The van der Waals surface area contributed by atoms with Crippen LogP contribution in [0.3, 0.4) is 0 Å². The second-order valence-corrected chi connectivity index (χ2v) is 6.11. The Morgan fingerprint density at radius 3 is 2.67 bits per heavy atom. The highest BCUT2D eigenvalue weighted by Crippen LogP contribution is 2.19. The third kappa shape index (κ3) is 4.33. The minimum absolute atomic E-state index is 0.252. The van der Waals surface area contributed by atoms with Gasteiger partial charge in [0.15, 0.2) is 0 Å². The molecule has 7 heteroatoms. The normalized spacial score (nSPS) is 11.7. The van der Waals surface area contributed by atoms with Gasteiger partial charge in [-0.3, -0.25) is 14.4 Å². The summed E-state index contributed by atoms with van der Waals surface area (Å²) in [6.07, 6.45) is 2.06. The summed E-state index contributed by atoms with van der Waals surface area (Å²) in [5.41, 5.74) is 7.57. The van der Waals surface area contributed by atoms with Crippen LogP contribution < -0.4 is 15.8 Å². The Morgan fingerprint density at radius 1 is 1.15 bits per heavy atom. The molecule has 0 saturated carbocycles. The maximum Gasteiger partial charge on any atom is 0.308 e. The Kier molecular flexibility index (Phi) is 5.21. The van der Waals surface area contributed by atoms with Crippen molar-refractivity contribution in [2.45, 2.75) is 19.4 Å². The number of esters is 1. The average molecular weight is 365 g/mol. The second-order valence-electron chi connectivity index (χ2n) is 6.11. The van der Waals surface area contributed by atoms with Gasteiger partial charge in [0.25, 0.3) is 5.91 Å². The first-order valence-corrected chi connectivity index (χ1v) is 8.37. The van der Waals surface area contributed by atoms with E-state index >= 15 is 0 Å². The van der Waals surface area contributed by atoms with Crippen LogP contribution in [0, 0.1) is 0 Å². The van der Waals surface area contributed by atoms with Gasteiger partial charge in [-0.05, 0) is 29.8 Å². The van der Waals surface area contributed by atoms with Gasteiger partial charge in [0.2, 0.25) is 5.91 Å². The van der Waals surface area contributed by atoms with Crippen molar-refractivity contribution in [1.82, 2.24) is 10.3 Å². The molecule has 0 fully saturated rings. The van der Waals surface area contributed by atoms with Gasteiger partial charge in [0, 0.05) is 36.0 Å². The van der Waals surface area contributed by atoms with Gasteiger partial charge in [-0.1, -0.05) is 24.3 Å². The maximum atomic E-state index is 12.5. The average Bonchev–Trinajstić information content (AvgIpc) is 3.04. The molecule has 3 aromatic rings. The number of aromatic amines is 1. The molecule has 0 unspecified atom stereocenters. The summed E-state index contributed by atoms with van der Waals surface area (Å²) in [5.74, 6) is -1.35. The summed E-state index contributed by atoms with van der Waals surface area (Å²) >= 11 is 0. The van der Waals surface area contributed by atoms with Crippen molar-refractivity contribution in [2.75, 3.05) is 0 Å². The van der Waals surface area contributed by atoms with Crippen molar-refractivity contribution < 1.29 is 19.1 Å². The fraction of sp³-hybridized carbons (Fsp3) is 0.150. The number of hydrogen-bond donors (Lipinski definition) is 3. The van der Waals surface area contributed by atoms with Gasteiger partial charge < -0.3 is 20.8 Å². The summed E-state index contributed by atoms with van der Waals surface area (Å²) in [6.45, 7) is 1.27. The van der Waals surface area contributed by atoms with Crippen LogP contribution >= 0.6 is 0 Å². The van der Waals surface area contributed by atoms with Crippen molar-refractivity contribution >= 4 is 28.7 Å². The monoisotopic (exact) mass is 365 g/mol. The molecule has 1 aromatic heterocycles. The van der Waals surface area contributed by atoms with Crippen LogP contribution in [0.5, 0.6) is 5.75 Å². The molecule has 0 saturated heterocycles. The van der Waals surface area contributed by atoms with Crippen molar-refractivity contribution in [3.63, 3.8) is 0 Å². The van der Waals surface area contributed by atoms with Gasteiger partial charge in [-0.15, -0.1) is 0 Å². The molecule has 0 aliphatic rings. The number of benzene rings is 2. The molecule has 0 spiro atoms. The van der Waals surface area contributed by atoms with E-state index in [1.54, 1.807) is 24.4 Å². The number of amides is 2. The molecule has 3 rings (SSSR count). The van der Waals surface area contributed by atoms with Gasteiger partial charge in [0.1, 0.15) is 11.8 Å². The molecule has 27 heavy (non-hydrogen) atoms. The van der Waals surface area contributed by atoms with E-state index in [0.29, 0.717) is 0 Å². The lowest BCUT2D eigenvalue weighted by Gasteiger charge is -2.15. The highest BCUT2D eigenvalue weighted by Gasteiger charge is 2.21. The number of aromatic nitrogens is 1. The lowest BCUT2D eigenvalue weighted by Crippen LogP contribution is -2.45. The van der Waals surface area contributed by atoms with Crippen LogP contribution in [0.15, 0.2) is 54.7 Å². The molecule has 4 N–H and O–H groups in total. The van der Waals surface area contributed by atoms with Crippen LogP contribution in [0.1, 0.15) is 22.8 Å². The zero-order valence-electron chi connectivity index (χ0n) is 14.7. The van der Waals surface area contributed by atoms with E-state index in [9.17, 15) is 14.4 Å². The molecule has 2 amide bonds. The Bertz CT molecular complexity index is 1010. The second kappa shape index (κ2) is 7.74. The summed E-state index contributed by atoms with van der Waals surface area (Å²) in [4.78, 5) is 38.6. The van der Waals surface area contributed by atoms with Gasteiger partial charge in [0.05, 0.1) is 0 Å². The summed E-state index contributed by atoms with van der Waals surface area (Å²) < 4.78 is 4.98. The first kappa shape index (κ1) is 18.2. The lowest BCUT2D eigenvalue weighted by molar-refractivity contribution is -0.131. The van der Waals surface area contributed by atoms with Crippen molar-refractivity contribution in [2.24, 2.45) is 5.73 Å². The highest BCUT2D eigenvalue weighted by molar-refractivity contribution is 5.98. The number of hydrogen-bond acceptors (Lipinski definition) is 4. The number of para-hydroxylation sites is 1. The fourth-order valence-electron chi connectivity index (χ4n) is 2.85. The Labute approximate surface area is 155 Å². The highest BCUT2D eigenvalue weighted by atomic mass is 16.5. The summed E-state index contributed by atoms with van der Waals surface area (Å²) in [7, 11) is 0. The molecule has 2 aromatic carbocycles. The zero-order chi connectivity index (χ0) is 19.4. The third-order valence-electron chi connectivity index (χ3n) is 4.11. The molecule has 1 heterocycles. The van der Waals surface area contributed by atoms with E-state index in [1.807, 2.05) is 24.3 Å². The van der Waals surface area contributed by atoms with E-state index < -0.39 is 23.8 Å². The third-order valence-corrected chi connectivity index (χ3v) is 4.11. The smallest absolute Gasteiger partial charge is 0.308 e. The van der Waals surface area contributed by atoms with Crippen molar-refractivity contribution in [1.29, 1.82) is 0 Å². The summed E-state index contributed by atoms with van der Waals surface area (Å²) in [5, 5.41) is 3.62. The largest absolute Gasteiger partial charge is 0.427 e. The molecule has 0 radical (unpaired) electrons. The predicted octanol–water partition coefficient (Wildman–Crippen LogP) is 1.92. The number of ether oxygens (including phenoxy) is 1. The van der Waals surface area contributed by atoms with Crippen LogP contribution in [0.25, 0.3) is 10.9 Å². The molecule has 0 aliphatic carbocycles. The Balaban J connectivity index is 1.77. The quantitative estimate of drug-likeness (QED) is 0.457. The molecule has 7 nitrogen and oxygen atoms in total. The first-order valence-electron chi connectivity index (χ1n) is 8.37. The number of fused-ring (bicyclic) bond motifs is 1. The minimum atomic E-state index is -0.880. The fourth-order valence-corrected chi connectivity index (χ4v) is 2.85. The molecule has 0 bridgehead atoms. The van der Waals surface area contributed by atoms with Gasteiger partial charge >= 0.3 is 5.97 Å². The van der Waals surface area contributed by atoms with E-state index in [4.69, 9.17) is 10.5 Å². The zero-order valence-corrected chi connectivity index (χ0v) is 14.7. The Hall–Kier alpha value is -3.61.